The van der Waals surface area contributed by atoms with E-state index in [-0.39, 0.29) is 18.4 Å². The molecule has 10 nitrogen and oxygen atoms in total. The summed E-state index contributed by atoms with van der Waals surface area (Å²) >= 11 is 0. The summed E-state index contributed by atoms with van der Waals surface area (Å²) in [6.07, 6.45) is 5.12. The van der Waals surface area contributed by atoms with Crippen molar-refractivity contribution in [2.75, 3.05) is 36.4 Å². The maximum Gasteiger partial charge on any atom is 0.276 e. The van der Waals surface area contributed by atoms with Crippen LogP contribution in [0.25, 0.3) is 0 Å². The van der Waals surface area contributed by atoms with E-state index in [0.717, 1.165) is 11.1 Å². The van der Waals surface area contributed by atoms with Gasteiger partial charge in [0.1, 0.15) is 11.9 Å². The number of hydrogen-bond donors (Lipinski definition) is 2. The third-order valence-electron chi connectivity index (χ3n) is 6.76. The summed E-state index contributed by atoms with van der Waals surface area (Å²) in [5.41, 5.74) is 6.52. The van der Waals surface area contributed by atoms with E-state index in [4.69, 9.17) is 4.84 Å². The van der Waals surface area contributed by atoms with Gasteiger partial charge in [-0.1, -0.05) is 24.3 Å². The third kappa shape index (κ3) is 6.84. The number of hydrogen-bond acceptors (Lipinski definition) is 8. The SMILES string of the molecule is N#Cc1cccnc1N1CCN(C(=O)c2cccc(CONC(=O)c3ccccc3NCc3ccncc3)c2)CC1. The second-order valence-corrected chi connectivity index (χ2v) is 9.44. The zero-order valence-corrected chi connectivity index (χ0v) is 22.4. The van der Waals surface area contributed by atoms with Crippen LogP contribution in [-0.2, 0) is 18.0 Å². The first-order valence-electron chi connectivity index (χ1n) is 13.2. The van der Waals surface area contributed by atoms with E-state index < -0.39 is 0 Å². The number of anilines is 2. The van der Waals surface area contributed by atoms with Crippen LogP contribution in [0.4, 0.5) is 11.5 Å². The maximum atomic E-state index is 13.2. The van der Waals surface area contributed by atoms with Crippen LogP contribution in [0.15, 0.2) is 91.4 Å². The largest absolute Gasteiger partial charge is 0.380 e. The van der Waals surface area contributed by atoms with E-state index in [0.29, 0.717) is 60.9 Å². The third-order valence-corrected chi connectivity index (χ3v) is 6.76. The molecule has 0 bridgehead atoms. The Morgan fingerprint density at radius 2 is 1.71 bits per heavy atom. The molecular formula is C31H29N7O3. The van der Waals surface area contributed by atoms with Crippen LogP contribution in [0.3, 0.4) is 0 Å². The fourth-order valence-corrected chi connectivity index (χ4v) is 4.61. The minimum atomic E-state index is -0.375. The van der Waals surface area contributed by atoms with Crippen LogP contribution >= 0.6 is 0 Å². The zero-order valence-electron chi connectivity index (χ0n) is 22.4. The van der Waals surface area contributed by atoms with Crippen molar-refractivity contribution in [1.29, 1.82) is 5.26 Å². The topological polar surface area (TPSA) is 123 Å². The first-order chi connectivity index (χ1) is 20.1. The predicted octanol–water partition coefficient (Wildman–Crippen LogP) is 3.78. The summed E-state index contributed by atoms with van der Waals surface area (Å²) in [6.45, 7) is 2.87. The lowest BCUT2D eigenvalue weighted by Gasteiger charge is -2.35. The van der Waals surface area contributed by atoms with Gasteiger partial charge in [-0.15, -0.1) is 0 Å². The number of nitrogens with one attached hydrogen (secondary N) is 2. The van der Waals surface area contributed by atoms with Gasteiger partial charge in [-0.25, -0.2) is 10.5 Å². The van der Waals surface area contributed by atoms with E-state index in [1.807, 2.05) is 35.2 Å². The van der Waals surface area contributed by atoms with Crippen LogP contribution < -0.4 is 15.7 Å². The Morgan fingerprint density at radius 1 is 0.902 bits per heavy atom. The molecular weight excluding hydrogens is 518 g/mol. The van der Waals surface area contributed by atoms with Crippen LogP contribution in [0.1, 0.15) is 37.4 Å². The molecule has 0 saturated carbocycles. The molecule has 3 heterocycles. The molecule has 2 N–H and O–H groups in total. The Bertz CT molecular complexity index is 1550. The van der Waals surface area contributed by atoms with Crippen molar-refractivity contribution < 1.29 is 14.4 Å². The van der Waals surface area contributed by atoms with Crippen molar-refractivity contribution in [2.24, 2.45) is 0 Å². The summed E-state index contributed by atoms with van der Waals surface area (Å²) in [7, 11) is 0. The molecule has 41 heavy (non-hydrogen) atoms. The summed E-state index contributed by atoms with van der Waals surface area (Å²) in [4.78, 5) is 43.8. The highest BCUT2D eigenvalue weighted by Crippen LogP contribution is 2.20. The van der Waals surface area contributed by atoms with E-state index in [1.54, 1.807) is 66.0 Å². The standard InChI is InChI=1S/C31H29N7O3/c32-20-26-7-4-12-34-29(26)37-15-17-38(18-16-37)31(40)25-6-3-5-24(19-25)22-41-36-30(39)27-8-1-2-9-28(27)35-21-23-10-13-33-14-11-23/h1-14,19,35H,15-18,21-22H2,(H,36,39). The lowest BCUT2D eigenvalue weighted by Crippen LogP contribution is -2.49. The quantitative estimate of drug-likeness (QED) is 0.304. The molecule has 0 unspecified atom stereocenters. The molecule has 1 saturated heterocycles. The van der Waals surface area contributed by atoms with Gasteiger partial charge in [-0.2, -0.15) is 5.26 Å². The Kier molecular flexibility index (Phi) is 8.78. The number of hydroxylamine groups is 1. The summed E-state index contributed by atoms with van der Waals surface area (Å²) in [5, 5.41) is 12.6. The van der Waals surface area contributed by atoms with Gasteiger partial charge in [0.05, 0.1) is 17.7 Å². The van der Waals surface area contributed by atoms with Gasteiger partial charge in [-0.05, 0) is 59.7 Å². The highest BCUT2D eigenvalue weighted by atomic mass is 16.6. The fourth-order valence-electron chi connectivity index (χ4n) is 4.61. The van der Waals surface area contributed by atoms with E-state index in [1.165, 1.54) is 0 Å². The maximum absolute atomic E-state index is 13.2. The normalized spacial score (nSPS) is 12.9. The number of nitrogens with zero attached hydrogens (tertiary/aromatic N) is 5. The van der Waals surface area contributed by atoms with Crippen LogP contribution in [0, 0.1) is 11.3 Å². The second kappa shape index (κ2) is 13.2. The van der Waals surface area contributed by atoms with Gasteiger partial charge in [0.2, 0.25) is 0 Å². The van der Waals surface area contributed by atoms with E-state index >= 15 is 0 Å². The lowest BCUT2D eigenvalue weighted by atomic mass is 10.1. The van der Waals surface area contributed by atoms with Gasteiger partial charge < -0.3 is 15.1 Å². The Balaban J connectivity index is 1.13. The number of carbonyl (C=O) groups is 2. The van der Waals surface area contributed by atoms with Crippen LogP contribution in [-0.4, -0.2) is 52.9 Å². The number of nitriles is 1. The molecule has 2 aromatic heterocycles. The minimum absolute atomic E-state index is 0.0775. The average Bonchev–Trinajstić information content (AvgIpc) is 3.04. The number of rotatable bonds is 9. The number of amides is 2. The highest BCUT2D eigenvalue weighted by Gasteiger charge is 2.24. The first kappa shape index (κ1) is 27.3. The molecule has 0 radical (unpaired) electrons. The van der Waals surface area contributed by atoms with Crippen LogP contribution in [0.2, 0.25) is 0 Å². The smallest absolute Gasteiger partial charge is 0.276 e. The van der Waals surface area contributed by atoms with Gasteiger partial charge in [0, 0.05) is 62.6 Å². The molecule has 5 rings (SSSR count). The van der Waals surface area contributed by atoms with Crippen molar-refractivity contribution in [2.45, 2.75) is 13.2 Å². The van der Waals surface area contributed by atoms with Gasteiger partial charge in [0.25, 0.3) is 11.8 Å². The van der Waals surface area contributed by atoms with E-state index in [9.17, 15) is 14.9 Å². The molecule has 2 aromatic carbocycles. The van der Waals surface area contributed by atoms with Gasteiger partial charge in [0.15, 0.2) is 0 Å². The summed E-state index contributed by atoms with van der Waals surface area (Å²) < 4.78 is 0. The number of carbonyl (C=O) groups excluding carboxylic acids is 2. The number of pyridine rings is 2. The van der Waals surface area contributed by atoms with E-state index in [2.05, 4.69) is 26.8 Å². The number of para-hydroxylation sites is 1. The molecule has 0 atom stereocenters. The molecule has 0 spiro atoms. The highest BCUT2D eigenvalue weighted by molar-refractivity contribution is 5.99. The Hall–Kier alpha value is -5.27. The molecule has 1 aliphatic rings. The Morgan fingerprint density at radius 3 is 2.51 bits per heavy atom. The van der Waals surface area contributed by atoms with Gasteiger partial charge in [-0.3, -0.25) is 19.4 Å². The monoisotopic (exact) mass is 547 g/mol. The molecule has 1 aliphatic heterocycles. The molecule has 0 aliphatic carbocycles. The predicted molar refractivity (Wildman–Crippen MR) is 154 cm³/mol. The number of aromatic nitrogens is 2. The van der Waals surface area contributed by atoms with Gasteiger partial charge >= 0.3 is 0 Å². The summed E-state index contributed by atoms with van der Waals surface area (Å²) in [5.74, 6) is 0.196. The van der Waals surface area contributed by atoms with Crippen molar-refractivity contribution in [3.63, 3.8) is 0 Å². The van der Waals surface area contributed by atoms with Crippen molar-refractivity contribution in [3.8, 4) is 6.07 Å². The molecule has 1 fully saturated rings. The zero-order chi connectivity index (χ0) is 28.4. The minimum Gasteiger partial charge on any atom is -0.380 e. The number of benzene rings is 2. The van der Waals surface area contributed by atoms with Crippen LogP contribution in [0.5, 0.6) is 0 Å². The Labute approximate surface area is 238 Å². The van der Waals surface area contributed by atoms with Crippen molar-refractivity contribution >= 4 is 23.3 Å². The second-order valence-electron chi connectivity index (χ2n) is 9.44. The average molecular weight is 548 g/mol. The molecule has 10 heteroatoms. The van der Waals surface area contributed by atoms with Crippen molar-refractivity contribution in [3.05, 3.63) is 119 Å². The first-order valence-corrected chi connectivity index (χ1v) is 13.2. The number of piperazine rings is 1. The molecule has 206 valence electrons. The molecule has 4 aromatic rings. The van der Waals surface area contributed by atoms with Crippen molar-refractivity contribution in [1.82, 2.24) is 20.3 Å². The summed E-state index contributed by atoms with van der Waals surface area (Å²) in [6, 6.07) is 23.9. The molecule has 2 amide bonds. The fraction of sp³-hybridized carbons (Fsp3) is 0.194. The lowest BCUT2D eigenvalue weighted by molar-refractivity contribution is 0.0233.